The molecule has 0 saturated carbocycles. The number of carbonyl (C=O) groups excluding carboxylic acids is 4. The molecule has 17 heteroatoms. The summed E-state index contributed by atoms with van der Waals surface area (Å²) in [5, 5.41) is 10.6. The van der Waals surface area contributed by atoms with E-state index in [4.69, 9.17) is 19.4 Å². The fourth-order valence-electron chi connectivity index (χ4n) is 10.4. The van der Waals surface area contributed by atoms with Gasteiger partial charge in [0.25, 0.3) is 5.91 Å². The number of amides is 4. The molecule has 0 aliphatic carbocycles. The first-order valence-corrected chi connectivity index (χ1v) is 26.3. The Labute approximate surface area is 401 Å². The number of nitrogens with zero attached hydrogens (tertiary/aromatic N) is 7. The zero-order valence-corrected chi connectivity index (χ0v) is 42.5. The lowest BCUT2D eigenvalue weighted by Crippen LogP contribution is -2.75. The number of hydrogen-bond acceptors (Lipinski definition) is 11. The molecule has 1 aromatic carbocycles. The van der Waals surface area contributed by atoms with Crippen LogP contribution in [0.4, 0.5) is 4.79 Å². The molecule has 362 valence electrons. The number of aryl methyl sites for hydroxylation is 1. The lowest BCUT2D eigenvalue weighted by Gasteiger charge is -2.58. The summed E-state index contributed by atoms with van der Waals surface area (Å²) in [5.74, 6) is 0.688. The molecule has 5 atom stereocenters. The molecule has 2 N–H and O–H groups in total. The van der Waals surface area contributed by atoms with Crippen LogP contribution in [0.25, 0.3) is 33.4 Å². The highest BCUT2D eigenvalue weighted by Crippen LogP contribution is 2.42. The number of esters is 1. The van der Waals surface area contributed by atoms with E-state index < -0.39 is 35.4 Å². The maximum Gasteiger partial charge on any atom is 0.324 e. The number of pyridine rings is 1. The Hall–Kier alpha value is -4.68. The summed E-state index contributed by atoms with van der Waals surface area (Å²) in [6.45, 7) is 17.8. The molecule has 4 aromatic rings. The minimum Gasteiger partial charge on any atom is -0.464 e. The van der Waals surface area contributed by atoms with Crippen molar-refractivity contribution in [2.24, 2.45) is 11.3 Å². The number of hydrazine groups is 1. The lowest BCUT2D eigenvalue weighted by molar-refractivity contribution is -0.155. The number of nitrogens with one attached hydrogen (secondary N) is 2. The lowest BCUT2D eigenvalue weighted by atomic mass is 9.84. The number of aromatic nitrogens is 3. The van der Waals surface area contributed by atoms with E-state index in [1.807, 2.05) is 37.1 Å². The van der Waals surface area contributed by atoms with Crippen molar-refractivity contribution >= 4 is 61.9 Å². The first-order valence-electron chi connectivity index (χ1n) is 23.8. The number of fused-ring (bicyclic) bond motifs is 6. The van der Waals surface area contributed by atoms with Crippen molar-refractivity contribution in [2.75, 3.05) is 65.5 Å². The van der Waals surface area contributed by atoms with Crippen LogP contribution in [0.3, 0.4) is 0 Å². The van der Waals surface area contributed by atoms with Crippen molar-refractivity contribution in [3.05, 3.63) is 58.2 Å². The number of rotatable bonds is 8. The molecule has 1 spiro atoms. The molecule has 3 saturated heterocycles. The summed E-state index contributed by atoms with van der Waals surface area (Å²) in [7, 11) is 5.75. The molecule has 6 bridgehead atoms. The molecule has 4 aliphatic heterocycles. The number of thiazole rings is 1. The van der Waals surface area contributed by atoms with Gasteiger partial charge in [0.15, 0.2) is 0 Å². The van der Waals surface area contributed by atoms with E-state index in [-0.39, 0.29) is 53.0 Å². The number of urea groups is 1. The summed E-state index contributed by atoms with van der Waals surface area (Å²) in [6, 6.07) is 7.64. The maximum atomic E-state index is 14.7. The van der Waals surface area contributed by atoms with Gasteiger partial charge in [0.2, 0.25) is 5.91 Å². The number of benzene rings is 1. The molecule has 4 aliphatic rings. The third-order valence-corrected chi connectivity index (χ3v) is 17.5. The number of ether oxygens (including phenoxy) is 2. The fraction of sp³-hybridized carbons (Fsp3) is 0.580. The highest BCUT2D eigenvalue weighted by atomic mass is 32.2. The topological polar surface area (TPSA) is 154 Å². The van der Waals surface area contributed by atoms with E-state index >= 15 is 0 Å². The van der Waals surface area contributed by atoms with Crippen molar-refractivity contribution in [3.63, 3.8) is 0 Å². The van der Waals surface area contributed by atoms with Crippen LogP contribution in [-0.4, -0.2) is 153 Å². The standard InChI is InChI=1S/C50H69N9O6S2/c1-11-58-40-18-17-33-23-35(40)36(44(58)34-15-13-19-51-42(34)32(5)64-10)25-49(6,7)29-65-47(62)37-16-14-20-59(54-37)46(61)38(24-41-52-39(33)26-66-41)53-45(60)43(31(3)4)56(9)48(63)57-27-50(28-57)30-67(12-2)22-21-55(50)8/h12-13,15,17-19,23,26,31-32,37-38,43,54H,11,14,16,20-22,24-25,27-30H2,1-10H3,(H,53,60)/t32-,37?,38-,43-,67?/m0/s1. The molecular formula is C50H69N9O6S2. The van der Waals surface area contributed by atoms with Crippen LogP contribution in [-0.2, 0) is 43.2 Å². The van der Waals surface area contributed by atoms with E-state index in [0.717, 1.165) is 62.7 Å². The summed E-state index contributed by atoms with van der Waals surface area (Å²) in [4.78, 5) is 73.0. The molecule has 0 radical (unpaired) electrons. The van der Waals surface area contributed by atoms with Gasteiger partial charge in [-0.15, -0.1) is 11.3 Å². The number of likely N-dealkylation sites (tertiary alicyclic amines) is 1. The third-order valence-electron chi connectivity index (χ3n) is 14.3. The molecule has 7 heterocycles. The van der Waals surface area contributed by atoms with Gasteiger partial charge < -0.3 is 29.2 Å². The Morgan fingerprint density at radius 3 is 2.66 bits per heavy atom. The van der Waals surface area contributed by atoms with Crippen LogP contribution in [0.1, 0.15) is 83.7 Å². The molecule has 8 rings (SSSR count). The van der Waals surface area contributed by atoms with E-state index in [9.17, 15) is 19.2 Å². The smallest absolute Gasteiger partial charge is 0.324 e. The Morgan fingerprint density at radius 1 is 1.16 bits per heavy atom. The van der Waals surface area contributed by atoms with Crippen molar-refractivity contribution in [2.45, 2.75) is 110 Å². The maximum absolute atomic E-state index is 14.7. The predicted octanol–water partition coefficient (Wildman–Crippen LogP) is 6.37. The van der Waals surface area contributed by atoms with Crippen molar-refractivity contribution in [1.82, 2.24) is 45.0 Å². The Kier molecular flexibility index (Phi) is 14.4. The number of hydrogen-bond donors (Lipinski definition) is 2. The largest absolute Gasteiger partial charge is 0.464 e. The zero-order valence-electron chi connectivity index (χ0n) is 40.9. The van der Waals surface area contributed by atoms with Crippen molar-refractivity contribution < 1.29 is 28.7 Å². The van der Waals surface area contributed by atoms with Gasteiger partial charge in [0, 0.05) is 104 Å². The summed E-state index contributed by atoms with van der Waals surface area (Å²) in [6.07, 6.45) is 3.31. The van der Waals surface area contributed by atoms with Gasteiger partial charge in [-0.1, -0.05) is 39.1 Å². The van der Waals surface area contributed by atoms with Gasteiger partial charge in [-0.3, -0.25) is 29.3 Å². The van der Waals surface area contributed by atoms with E-state index in [1.54, 1.807) is 20.4 Å². The number of likely N-dealkylation sites (N-methyl/N-ethyl adjacent to an activating group) is 2. The van der Waals surface area contributed by atoms with Gasteiger partial charge in [0.1, 0.15) is 18.1 Å². The quantitative estimate of drug-likeness (QED) is 0.151. The predicted molar refractivity (Wildman–Crippen MR) is 267 cm³/mol. The van der Waals surface area contributed by atoms with Crippen LogP contribution in [0, 0.1) is 11.3 Å². The molecular weight excluding hydrogens is 887 g/mol. The molecule has 3 aromatic heterocycles. The first kappa shape index (κ1) is 48.8. The van der Waals surface area contributed by atoms with Gasteiger partial charge in [-0.2, -0.15) is 10.5 Å². The van der Waals surface area contributed by atoms with Crippen LogP contribution < -0.4 is 10.7 Å². The van der Waals surface area contributed by atoms with E-state index in [2.05, 4.69) is 84.6 Å². The molecule has 15 nitrogen and oxygen atoms in total. The SMILES string of the molecule is C/C=S1\CCN(C)C2(CN(C(=O)N(C)[C@H](C(=O)N[C@H]3Cc4nc(cs4)-c4ccc5c(c4)c(c(-c4cccnc4[C@H](C)OC)n5CC)CC(C)(C)COC(=O)C4CCCN(N4)C3=O)C(C)C)C2)C1. The Morgan fingerprint density at radius 2 is 1.94 bits per heavy atom. The van der Waals surface area contributed by atoms with Gasteiger partial charge in [-0.25, -0.2) is 15.2 Å². The normalized spacial score (nSPS) is 23.2. The summed E-state index contributed by atoms with van der Waals surface area (Å²) in [5.41, 5.74) is 9.38. The summed E-state index contributed by atoms with van der Waals surface area (Å²) < 4.78 is 14.3. The third kappa shape index (κ3) is 9.68. The second kappa shape index (κ2) is 19.7. The number of cyclic esters (lactones) is 1. The Balaban J connectivity index is 1.13. The van der Waals surface area contributed by atoms with Crippen LogP contribution in [0.15, 0.2) is 41.9 Å². The van der Waals surface area contributed by atoms with E-state index in [0.29, 0.717) is 50.4 Å². The van der Waals surface area contributed by atoms with Crippen molar-refractivity contribution in [1.29, 1.82) is 0 Å². The minimum absolute atomic E-state index is 0.0482. The molecule has 67 heavy (non-hydrogen) atoms. The molecule has 3 fully saturated rings. The monoisotopic (exact) mass is 955 g/mol. The highest BCUT2D eigenvalue weighted by Gasteiger charge is 2.51. The van der Waals surface area contributed by atoms with E-state index in [1.165, 1.54) is 21.2 Å². The van der Waals surface area contributed by atoms with Gasteiger partial charge >= 0.3 is 12.0 Å². The van der Waals surface area contributed by atoms with Gasteiger partial charge in [0.05, 0.1) is 40.3 Å². The fourth-order valence-corrected chi connectivity index (χ4v) is 13.4. The van der Waals surface area contributed by atoms with Crippen LogP contribution in [0.5, 0.6) is 0 Å². The second-order valence-electron chi connectivity index (χ2n) is 20.0. The highest BCUT2D eigenvalue weighted by molar-refractivity contribution is 8.15. The second-order valence-corrected chi connectivity index (χ2v) is 23.2. The van der Waals surface area contributed by atoms with Crippen molar-refractivity contribution in [3.8, 4) is 22.5 Å². The molecule has 2 unspecified atom stereocenters. The molecule has 4 amide bonds. The first-order chi connectivity index (χ1) is 32.0. The number of carbonyl (C=O) groups is 4. The van der Waals surface area contributed by atoms with Crippen LogP contribution in [0.2, 0.25) is 0 Å². The number of methoxy groups -OCH3 is 1. The van der Waals surface area contributed by atoms with Gasteiger partial charge in [-0.05, 0) is 82.8 Å². The minimum atomic E-state index is -1.04. The van der Waals surface area contributed by atoms with Crippen LogP contribution >= 0.6 is 21.8 Å². The zero-order chi connectivity index (χ0) is 47.9. The Bertz CT molecular complexity index is 2550. The average Bonchev–Trinajstić information content (AvgIpc) is 3.90. The summed E-state index contributed by atoms with van der Waals surface area (Å²) >= 11 is 1.44. The average molecular weight is 956 g/mol.